The lowest BCUT2D eigenvalue weighted by Crippen LogP contribution is -2.38. The summed E-state index contributed by atoms with van der Waals surface area (Å²) in [7, 11) is 0. The van der Waals surface area contributed by atoms with E-state index in [9.17, 15) is 9.90 Å². The zero-order valence-electron chi connectivity index (χ0n) is 9.75. The van der Waals surface area contributed by atoms with Gasteiger partial charge in [0.05, 0.1) is 5.60 Å². The minimum atomic E-state index is -0.781. The smallest absolute Gasteiger partial charge is 0.333 e. The van der Waals surface area contributed by atoms with Gasteiger partial charge in [0.2, 0.25) is 0 Å². The average molecular weight is 212 g/mol. The number of hydrogen-bond donors (Lipinski definition) is 1. The van der Waals surface area contributed by atoms with Crippen molar-refractivity contribution in [2.45, 2.75) is 51.7 Å². The molecule has 0 aromatic rings. The summed E-state index contributed by atoms with van der Waals surface area (Å²) in [5, 5.41) is 9.93. The van der Waals surface area contributed by atoms with Gasteiger partial charge in [-0.15, -0.1) is 0 Å². The monoisotopic (exact) mass is 212 g/mol. The summed E-state index contributed by atoms with van der Waals surface area (Å²) in [4.78, 5) is 11.4. The zero-order chi connectivity index (χ0) is 11.6. The second-order valence-electron chi connectivity index (χ2n) is 4.92. The van der Waals surface area contributed by atoms with E-state index in [0.29, 0.717) is 5.57 Å². The van der Waals surface area contributed by atoms with E-state index in [1.807, 2.05) is 0 Å². The van der Waals surface area contributed by atoms with Crippen molar-refractivity contribution in [3.05, 3.63) is 12.2 Å². The normalized spacial score (nSPS) is 26.4. The third-order valence-corrected chi connectivity index (χ3v) is 2.97. The van der Waals surface area contributed by atoms with Crippen LogP contribution < -0.4 is 0 Å². The molecule has 3 heteroatoms. The van der Waals surface area contributed by atoms with Crippen molar-refractivity contribution in [3.8, 4) is 0 Å². The molecule has 15 heavy (non-hydrogen) atoms. The molecular formula is C12H20O3. The van der Waals surface area contributed by atoms with Gasteiger partial charge in [-0.1, -0.05) is 6.58 Å². The predicted octanol–water partition coefficient (Wildman–Crippen LogP) is 2.05. The van der Waals surface area contributed by atoms with E-state index in [-0.39, 0.29) is 18.0 Å². The van der Waals surface area contributed by atoms with Crippen LogP contribution in [0.3, 0.4) is 0 Å². The Morgan fingerprint density at radius 1 is 1.47 bits per heavy atom. The third kappa shape index (κ3) is 3.06. The predicted molar refractivity (Wildman–Crippen MR) is 58.3 cm³/mol. The summed E-state index contributed by atoms with van der Waals surface area (Å²) in [6, 6.07) is 0. The molecule has 0 radical (unpaired) electrons. The highest BCUT2D eigenvalue weighted by atomic mass is 16.5. The summed E-state index contributed by atoms with van der Waals surface area (Å²) < 4.78 is 5.31. The van der Waals surface area contributed by atoms with E-state index in [1.165, 1.54) is 0 Å². The van der Waals surface area contributed by atoms with Crippen molar-refractivity contribution in [1.29, 1.82) is 0 Å². The first-order valence-electron chi connectivity index (χ1n) is 5.41. The zero-order valence-corrected chi connectivity index (χ0v) is 9.75. The van der Waals surface area contributed by atoms with Gasteiger partial charge in [0.25, 0.3) is 0 Å². The molecule has 0 spiro atoms. The Morgan fingerprint density at radius 2 is 2.07 bits per heavy atom. The molecule has 2 atom stereocenters. The highest BCUT2D eigenvalue weighted by molar-refractivity contribution is 5.87. The van der Waals surface area contributed by atoms with Crippen molar-refractivity contribution in [3.63, 3.8) is 0 Å². The number of esters is 1. The van der Waals surface area contributed by atoms with E-state index in [1.54, 1.807) is 20.8 Å². The number of hydrogen-bond acceptors (Lipinski definition) is 3. The molecule has 86 valence electrons. The van der Waals surface area contributed by atoms with Crippen LogP contribution in [-0.2, 0) is 9.53 Å². The highest BCUT2D eigenvalue weighted by Crippen LogP contribution is 2.36. The Bertz CT molecular complexity index is 263. The van der Waals surface area contributed by atoms with Crippen LogP contribution in [0.1, 0.15) is 40.0 Å². The van der Waals surface area contributed by atoms with Crippen LogP contribution in [0.15, 0.2) is 12.2 Å². The molecule has 0 bridgehead atoms. The second kappa shape index (κ2) is 4.35. The lowest BCUT2D eigenvalue weighted by atomic mass is 9.88. The van der Waals surface area contributed by atoms with Crippen LogP contribution in [0.25, 0.3) is 0 Å². The van der Waals surface area contributed by atoms with Gasteiger partial charge < -0.3 is 9.84 Å². The minimum absolute atomic E-state index is 0.0424. The van der Waals surface area contributed by atoms with Crippen LogP contribution in [0.4, 0.5) is 0 Å². The summed E-state index contributed by atoms with van der Waals surface area (Å²) >= 11 is 0. The number of ether oxygens (including phenoxy) is 1. The van der Waals surface area contributed by atoms with Gasteiger partial charge in [0.1, 0.15) is 6.10 Å². The van der Waals surface area contributed by atoms with Gasteiger partial charge in [-0.3, -0.25) is 0 Å². The van der Waals surface area contributed by atoms with Crippen LogP contribution in [-0.4, -0.2) is 22.8 Å². The summed E-state index contributed by atoms with van der Waals surface area (Å²) in [6.45, 7) is 8.72. The fourth-order valence-electron chi connectivity index (χ4n) is 2.11. The molecule has 0 aromatic heterocycles. The van der Waals surface area contributed by atoms with Gasteiger partial charge in [-0.05, 0) is 40.0 Å². The molecule has 0 saturated heterocycles. The Labute approximate surface area is 91.1 Å². The lowest BCUT2D eigenvalue weighted by Gasteiger charge is -2.30. The SMILES string of the molecule is C=C(C)C(=O)OC1CCCC1C(C)(C)O. The summed E-state index contributed by atoms with van der Waals surface area (Å²) in [5.41, 5.74) is -0.368. The van der Waals surface area contributed by atoms with Crippen LogP contribution >= 0.6 is 0 Å². The minimum Gasteiger partial charge on any atom is -0.459 e. The van der Waals surface area contributed by atoms with Crippen molar-refractivity contribution < 1.29 is 14.6 Å². The number of carbonyl (C=O) groups excluding carboxylic acids is 1. The Kier molecular flexibility index (Phi) is 3.55. The molecule has 1 saturated carbocycles. The molecule has 3 nitrogen and oxygen atoms in total. The maximum absolute atomic E-state index is 11.4. The molecule has 1 aliphatic rings. The van der Waals surface area contributed by atoms with E-state index in [4.69, 9.17) is 4.74 Å². The van der Waals surface area contributed by atoms with Gasteiger partial charge in [-0.25, -0.2) is 4.79 Å². The quantitative estimate of drug-likeness (QED) is 0.575. The third-order valence-electron chi connectivity index (χ3n) is 2.97. The van der Waals surface area contributed by atoms with Crippen LogP contribution in [0.2, 0.25) is 0 Å². The van der Waals surface area contributed by atoms with Gasteiger partial charge in [-0.2, -0.15) is 0 Å². The van der Waals surface area contributed by atoms with E-state index in [2.05, 4.69) is 6.58 Å². The summed E-state index contributed by atoms with van der Waals surface area (Å²) in [6.07, 6.45) is 2.60. The first-order chi connectivity index (χ1) is 6.82. The number of rotatable bonds is 3. The molecule has 0 heterocycles. The Morgan fingerprint density at radius 3 is 2.53 bits per heavy atom. The van der Waals surface area contributed by atoms with Crippen molar-refractivity contribution in [2.75, 3.05) is 0 Å². The van der Waals surface area contributed by atoms with E-state index >= 15 is 0 Å². The molecular weight excluding hydrogens is 192 g/mol. The van der Waals surface area contributed by atoms with Crippen LogP contribution in [0, 0.1) is 5.92 Å². The Balaban J connectivity index is 2.62. The first kappa shape index (κ1) is 12.2. The maximum Gasteiger partial charge on any atom is 0.333 e. The van der Waals surface area contributed by atoms with E-state index < -0.39 is 5.60 Å². The standard InChI is InChI=1S/C12H20O3/c1-8(2)11(13)15-10-7-5-6-9(10)12(3,4)14/h9-10,14H,1,5-7H2,2-4H3. The number of aliphatic hydroxyl groups is 1. The molecule has 1 aliphatic carbocycles. The highest BCUT2D eigenvalue weighted by Gasteiger charge is 2.39. The molecule has 1 N–H and O–H groups in total. The second-order valence-corrected chi connectivity index (χ2v) is 4.92. The molecule has 2 unspecified atom stereocenters. The van der Waals surface area contributed by atoms with Gasteiger partial charge in [0.15, 0.2) is 0 Å². The maximum atomic E-state index is 11.4. The van der Waals surface area contributed by atoms with Crippen molar-refractivity contribution in [1.82, 2.24) is 0 Å². The topological polar surface area (TPSA) is 46.5 Å². The molecule has 0 aromatic carbocycles. The number of carbonyl (C=O) groups is 1. The molecule has 1 rings (SSSR count). The van der Waals surface area contributed by atoms with E-state index in [0.717, 1.165) is 19.3 Å². The fraction of sp³-hybridized carbons (Fsp3) is 0.750. The molecule has 0 aliphatic heterocycles. The summed E-state index contributed by atoms with van der Waals surface area (Å²) in [5.74, 6) is -0.308. The molecule has 1 fully saturated rings. The van der Waals surface area contributed by atoms with Crippen molar-refractivity contribution >= 4 is 5.97 Å². The van der Waals surface area contributed by atoms with Gasteiger partial charge >= 0.3 is 5.97 Å². The van der Waals surface area contributed by atoms with Crippen LogP contribution in [0.5, 0.6) is 0 Å². The average Bonchev–Trinajstić information content (AvgIpc) is 2.50. The largest absolute Gasteiger partial charge is 0.459 e. The fourth-order valence-corrected chi connectivity index (χ4v) is 2.11. The van der Waals surface area contributed by atoms with Gasteiger partial charge in [0, 0.05) is 11.5 Å². The molecule has 0 amide bonds. The lowest BCUT2D eigenvalue weighted by molar-refractivity contribution is -0.150. The Hall–Kier alpha value is -0.830. The first-order valence-corrected chi connectivity index (χ1v) is 5.41. The van der Waals surface area contributed by atoms with Crippen molar-refractivity contribution in [2.24, 2.45) is 5.92 Å².